The molecule has 3 N–H and O–H groups in total. The lowest BCUT2D eigenvalue weighted by Gasteiger charge is -2.42. The number of Topliss-reactive ketones (excluding diaryl/α,β-unsaturated/α-hetero) is 1. The van der Waals surface area contributed by atoms with E-state index in [2.05, 4.69) is 0 Å². The van der Waals surface area contributed by atoms with Crippen molar-refractivity contribution in [2.24, 2.45) is 17.8 Å². The molecule has 39 heavy (non-hydrogen) atoms. The van der Waals surface area contributed by atoms with Gasteiger partial charge in [-0.2, -0.15) is 0 Å². The number of hydrogen-bond donors (Lipinski definition) is 3. The second kappa shape index (κ2) is 9.15. The maximum absolute atomic E-state index is 13.9. The van der Waals surface area contributed by atoms with Gasteiger partial charge in [0.1, 0.15) is 5.75 Å². The summed E-state index contributed by atoms with van der Waals surface area (Å²) in [5.74, 6) is -4.44. The van der Waals surface area contributed by atoms with Gasteiger partial charge in [0.2, 0.25) is 11.8 Å². The van der Waals surface area contributed by atoms with Crippen LogP contribution < -0.4 is 10.4 Å². The molecule has 0 saturated carbocycles. The third-order valence-electron chi connectivity index (χ3n) is 8.29. The van der Waals surface area contributed by atoms with E-state index in [1.807, 2.05) is 6.08 Å². The molecule has 0 spiro atoms. The van der Waals surface area contributed by atoms with Crippen molar-refractivity contribution in [1.82, 2.24) is 0 Å². The number of anilines is 1. The predicted molar refractivity (Wildman–Crippen MR) is 143 cm³/mol. The van der Waals surface area contributed by atoms with Crippen LogP contribution in [0.4, 0.5) is 5.69 Å². The van der Waals surface area contributed by atoms with Gasteiger partial charge in [-0.25, -0.2) is 0 Å². The summed E-state index contributed by atoms with van der Waals surface area (Å²) in [5.41, 5.74) is 2.28. The molecule has 4 atom stereocenters. The van der Waals surface area contributed by atoms with E-state index in [0.29, 0.717) is 21.7 Å². The Balaban J connectivity index is 1.49. The van der Waals surface area contributed by atoms with Crippen LogP contribution in [-0.4, -0.2) is 45.7 Å². The van der Waals surface area contributed by atoms with Crippen LogP contribution in [0.5, 0.6) is 5.75 Å². The maximum atomic E-state index is 13.9. The highest BCUT2D eigenvalue weighted by molar-refractivity contribution is 6.58. The Morgan fingerprint density at radius 1 is 1.00 bits per heavy atom. The number of carbonyl (C=O) groups excluding carboxylic acids is 4. The number of imide groups is 1. The fourth-order valence-corrected chi connectivity index (χ4v) is 6.73. The van der Waals surface area contributed by atoms with Crippen LogP contribution in [0, 0.1) is 17.8 Å². The van der Waals surface area contributed by atoms with E-state index in [4.69, 9.17) is 11.6 Å². The molecule has 4 aliphatic rings. The minimum Gasteiger partial charge on any atom is -0.508 e. The quantitative estimate of drug-likeness (QED) is 0.234. The van der Waals surface area contributed by atoms with E-state index in [0.717, 1.165) is 4.90 Å². The molecule has 1 fully saturated rings. The normalized spacial score (nSPS) is 26.2. The van der Waals surface area contributed by atoms with Gasteiger partial charge in [0.15, 0.2) is 11.6 Å². The fraction of sp³-hybridized carbons (Fsp3) is 0.241. The van der Waals surface area contributed by atoms with E-state index in [1.54, 1.807) is 19.1 Å². The Morgan fingerprint density at radius 3 is 2.51 bits per heavy atom. The number of nitrogens with zero attached hydrogens (tertiary/aromatic N) is 1. The van der Waals surface area contributed by atoms with Gasteiger partial charge in [0, 0.05) is 33.2 Å². The summed E-state index contributed by atoms with van der Waals surface area (Å²) in [6.45, 7) is 1.57. The zero-order valence-corrected chi connectivity index (χ0v) is 21.6. The molecule has 2 aromatic carbocycles. The number of halogens is 1. The summed E-state index contributed by atoms with van der Waals surface area (Å²) in [5, 5.41) is 30.4. The molecule has 0 bridgehead atoms. The Morgan fingerprint density at radius 2 is 1.77 bits per heavy atom. The Kier molecular flexibility index (Phi) is 5.98. The Labute approximate surface area is 229 Å². The largest absolute Gasteiger partial charge is 0.508 e. The number of phenols is 1. The van der Waals surface area contributed by atoms with Crippen LogP contribution in [-0.2, 0) is 19.2 Å². The third kappa shape index (κ3) is 3.84. The average molecular weight is 544 g/mol. The molecule has 196 valence electrons. The maximum Gasteiger partial charge on any atom is 0.488 e. The number of benzene rings is 2. The summed E-state index contributed by atoms with van der Waals surface area (Å²) in [4.78, 5) is 55.2. The van der Waals surface area contributed by atoms with E-state index in [9.17, 15) is 34.3 Å². The highest BCUT2D eigenvalue weighted by Crippen LogP contribution is 2.56. The van der Waals surface area contributed by atoms with Gasteiger partial charge in [-0.15, -0.1) is 0 Å². The lowest BCUT2D eigenvalue weighted by Crippen LogP contribution is -2.40. The van der Waals surface area contributed by atoms with Gasteiger partial charge in [-0.05, 0) is 67.6 Å². The third-order valence-corrected chi connectivity index (χ3v) is 8.53. The van der Waals surface area contributed by atoms with E-state index in [1.165, 1.54) is 36.4 Å². The second-order valence-electron chi connectivity index (χ2n) is 10.4. The zero-order chi connectivity index (χ0) is 27.7. The van der Waals surface area contributed by atoms with Crippen LogP contribution in [0.15, 0.2) is 76.9 Å². The van der Waals surface area contributed by atoms with E-state index in [-0.39, 0.29) is 52.5 Å². The first-order valence-electron chi connectivity index (χ1n) is 12.6. The zero-order valence-electron chi connectivity index (χ0n) is 20.8. The van der Waals surface area contributed by atoms with Crippen molar-refractivity contribution in [2.75, 3.05) is 4.90 Å². The minimum absolute atomic E-state index is 0.0952. The van der Waals surface area contributed by atoms with Crippen molar-refractivity contribution in [3.63, 3.8) is 0 Å². The number of allylic oxidation sites excluding steroid dienone is 6. The number of aromatic hydroxyl groups is 1. The predicted octanol–water partition coefficient (Wildman–Crippen LogP) is 2.36. The highest BCUT2D eigenvalue weighted by atomic mass is 35.5. The first-order chi connectivity index (χ1) is 18.6. The van der Waals surface area contributed by atoms with E-state index >= 15 is 0 Å². The van der Waals surface area contributed by atoms with Crippen LogP contribution in [0.2, 0.25) is 5.02 Å². The standard InChI is InChI=1S/C29H23BClNO7/c1-13-9-23(34)21-12-19-17(24(26(21)27(13)35)20-11-15(31)5-8-22(20)33)6-7-18-25(19)29(37)32(28(18)36)16-4-2-3-14(10-16)30(38)39/h2-6,8-11,18-19,24-25,33,38-39H,7,12H2,1H3/t18-,19+,24+,25-/m0/s1. The summed E-state index contributed by atoms with van der Waals surface area (Å²) in [7, 11) is -1.77. The number of ketones is 2. The molecule has 3 aliphatic carbocycles. The number of carbonyl (C=O) groups is 4. The molecular formula is C29H23BClNO7. The average Bonchev–Trinajstić information content (AvgIpc) is 3.17. The van der Waals surface area contributed by atoms with Crippen LogP contribution in [0.25, 0.3) is 0 Å². The summed E-state index contributed by atoms with van der Waals surface area (Å²) in [6, 6.07) is 10.5. The molecule has 10 heteroatoms. The van der Waals surface area contributed by atoms with Crippen LogP contribution in [0.1, 0.15) is 31.2 Å². The van der Waals surface area contributed by atoms with Gasteiger partial charge < -0.3 is 15.2 Å². The highest BCUT2D eigenvalue weighted by Gasteiger charge is 2.56. The molecular weight excluding hydrogens is 521 g/mol. The molecule has 2 amide bonds. The number of amides is 2. The SMILES string of the molecule is CC1=CC(=O)C2=C(C1=O)[C@@H](c1cc(Cl)ccc1O)C1=CC[C@@H]3C(=O)N(c4cccc(B(O)O)c4)C(=O)[C@@H]3[C@@H]1C2. The monoisotopic (exact) mass is 543 g/mol. The Hall–Kier alpha value is -3.79. The van der Waals surface area contributed by atoms with Gasteiger partial charge in [-0.3, -0.25) is 24.1 Å². The van der Waals surface area contributed by atoms with Crippen molar-refractivity contribution in [1.29, 1.82) is 0 Å². The van der Waals surface area contributed by atoms with Crippen LogP contribution in [0.3, 0.4) is 0 Å². The summed E-state index contributed by atoms with van der Waals surface area (Å²) < 4.78 is 0. The molecule has 1 saturated heterocycles. The Bertz CT molecular complexity index is 1590. The number of rotatable bonds is 3. The van der Waals surface area contributed by atoms with Crippen molar-refractivity contribution in [2.45, 2.75) is 25.7 Å². The minimum atomic E-state index is -1.77. The lowest BCUT2D eigenvalue weighted by atomic mass is 9.59. The summed E-state index contributed by atoms with van der Waals surface area (Å²) in [6.07, 6.45) is 3.49. The summed E-state index contributed by atoms with van der Waals surface area (Å²) >= 11 is 6.28. The lowest BCUT2D eigenvalue weighted by molar-refractivity contribution is -0.123. The first kappa shape index (κ1) is 25.5. The van der Waals surface area contributed by atoms with Gasteiger partial charge in [-0.1, -0.05) is 35.4 Å². The van der Waals surface area contributed by atoms with Gasteiger partial charge in [0.05, 0.1) is 17.5 Å². The fourth-order valence-electron chi connectivity index (χ4n) is 6.55. The molecule has 1 heterocycles. The number of phenolic OH excluding ortho intramolecular Hbond substituents is 1. The number of hydrogen-bond acceptors (Lipinski definition) is 7. The molecule has 2 aromatic rings. The van der Waals surface area contributed by atoms with Crippen molar-refractivity contribution in [3.8, 4) is 5.75 Å². The smallest absolute Gasteiger partial charge is 0.488 e. The second-order valence-corrected chi connectivity index (χ2v) is 10.8. The van der Waals surface area contributed by atoms with Crippen molar-refractivity contribution < 1.29 is 34.3 Å². The van der Waals surface area contributed by atoms with Crippen molar-refractivity contribution in [3.05, 3.63) is 87.5 Å². The molecule has 1 aliphatic heterocycles. The molecule has 6 rings (SSSR count). The topological polar surface area (TPSA) is 132 Å². The van der Waals surface area contributed by atoms with E-state index < -0.39 is 42.6 Å². The van der Waals surface area contributed by atoms with Crippen molar-refractivity contribution >= 4 is 53.3 Å². The van der Waals surface area contributed by atoms with Gasteiger partial charge >= 0.3 is 7.12 Å². The number of fused-ring (bicyclic) bond motifs is 3. The van der Waals surface area contributed by atoms with Gasteiger partial charge in [0.25, 0.3) is 0 Å². The first-order valence-corrected chi connectivity index (χ1v) is 13.0. The molecule has 8 nitrogen and oxygen atoms in total. The molecule has 0 unspecified atom stereocenters. The molecule has 0 aromatic heterocycles. The van der Waals surface area contributed by atoms with Crippen LogP contribution >= 0.6 is 11.6 Å². The molecule has 0 radical (unpaired) electrons.